The zero-order chi connectivity index (χ0) is 19.6. The molecule has 0 N–H and O–H groups in total. The molecule has 0 radical (unpaired) electrons. The van der Waals surface area contributed by atoms with Gasteiger partial charge in [0.1, 0.15) is 0 Å². The normalized spacial score (nSPS) is 13.0. The van der Waals surface area contributed by atoms with E-state index in [9.17, 15) is 4.79 Å². The number of nitrogens with zero attached hydrogens (tertiary/aromatic N) is 3. The molecule has 1 unspecified atom stereocenters. The SMILES string of the molecule is C/C=C(Br)\C=C/C(C)Cc1ccncccc2ncn(CCC)c(=O)c2c1. The molecule has 5 heteroatoms. The predicted octanol–water partition coefficient (Wildman–Crippen LogP) is 5.36. The van der Waals surface area contributed by atoms with E-state index in [0.29, 0.717) is 23.4 Å². The predicted molar refractivity (Wildman–Crippen MR) is 116 cm³/mol. The van der Waals surface area contributed by atoms with Crippen molar-refractivity contribution in [3.05, 3.63) is 81.6 Å². The Hall–Kier alpha value is -2.27. The van der Waals surface area contributed by atoms with E-state index in [0.717, 1.165) is 22.9 Å². The van der Waals surface area contributed by atoms with Gasteiger partial charge in [-0.2, -0.15) is 0 Å². The van der Waals surface area contributed by atoms with Crippen LogP contribution in [0.25, 0.3) is 10.9 Å². The van der Waals surface area contributed by atoms with Crippen LogP contribution in [0.1, 0.15) is 32.8 Å². The number of aryl methyl sites for hydroxylation is 1. The van der Waals surface area contributed by atoms with Crippen LogP contribution >= 0.6 is 15.9 Å². The largest absolute Gasteiger partial charge is 0.299 e. The first-order valence-electron chi connectivity index (χ1n) is 9.21. The number of fused-ring (bicyclic) bond motifs is 1. The summed E-state index contributed by atoms with van der Waals surface area (Å²) in [7, 11) is 0. The Morgan fingerprint density at radius 2 is 2.15 bits per heavy atom. The van der Waals surface area contributed by atoms with Crippen molar-refractivity contribution in [2.24, 2.45) is 5.92 Å². The standard InChI is InChI=1S/C22H26BrN3O/c1-4-13-26-16-25-21-7-6-11-24-12-10-18(15-20(21)22(26)27)14-17(3)8-9-19(23)5-2/h5-12,15-17H,4,13-14H2,1-3H3/b7-6?,9-8-,11-6?,12-10?,18-10?,18-15?,19-5+,20-15?,21-7?,24-11?,24-12?. The van der Waals surface area contributed by atoms with Crippen molar-refractivity contribution in [2.45, 2.75) is 40.2 Å². The summed E-state index contributed by atoms with van der Waals surface area (Å²) in [6.45, 7) is 6.86. The monoisotopic (exact) mass is 427 g/mol. The van der Waals surface area contributed by atoms with Gasteiger partial charge in [-0.05, 0) is 55.5 Å². The average Bonchev–Trinajstić information content (AvgIpc) is 2.66. The Labute approximate surface area is 169 Å². The van der Waals surface area contributed by atoms with Gasteiger partial charge in [0.15, 0.2) is 0 Å². The molecule has 0 saturated carbocycles. The van der Waals surface area contributed by atoms with Crippen molar-refractivity contribution in [2.75, 3.05) is 0 Å². The van der Waals surface area contributed by atoms with Crippen LogP contribution in [0.4, 0.5) is 0 Å². The Balaban J connectivity index is 2.56. The third-order valence-corrected chi connectivity index (χ3v) is 4.84. The number of aromatic nitrogens is 3. The first-order valence-corrected chi connectivity index (χ1v) is 10.0. The Morgan fingerprint density at radius 3 is 2.89 bits per heavy atom. The maximum atomic E-state index is 12.9. The number of hydrogen-bond acceptors (Lipinski definition) is 3. The van der Waals surface area contributed by atoms with E-state index >= 15 is 0 Å². The third-order valence-electron chi connectivity index (χ3n) is 4.12. The summed E-state index contributed by atoms with van der Waals surface area (Å²) >= 11 is 3.49. The summed E-state index contributed by atoms with van der Waals surface area (Å²) in [5.74, 6) is 0.314. The molecule has 142 valence electrons. The topological polar surface area (TPSA) is 47.8 Å². The molecule has 0 aliphatic heterocycles. The number of allylic oxidation sites excluding steroid dienone is 4. The van der Waals surface area contributed by atoms with Crippen molar-refractivity contribution in [1.82, 2.24) is 14.5 Å². The molecule has 0 spiro atoms. The van der Waals surface area contributed by atoms with Crippen molar-refractivity contribution >= 4 is 26.8 Å². The van der Waals surface area contributed by atoms with Gasteiger partial charge >= 0.3 is 0 Å². The highest BCUT2D eigenvalue weighted by molar-refractivity contribution is 9.11. The third kappa shape index (κ3) is 6.43. The summed E-state index contributed by atoms with van der Waals surface area (Å²) in [6.07, 6.45) is 13.0. The van der Waals surface area contributed by atoms with E-state index in [-0.39, 0.29) is 5.56 Å². The molecule has 0 amide bonds. The summed E-state index contributed by atoms with van der Waals surface area (Å²) in [6, 6.07) is 7.55. The van der Waals surface area contributed by atoms with Gasteiger partial charge in [0, 0.05) is 23.4 Å². The van der Waals surface area contributed by atoms with Crippen LogP contribution in [0.2, 0.25) is 0 Å². The fourth-order valence-electron chi connectivity index (χ4n) is 2.71. The van der Waals surface area contributed by atoms with Crippen LogP contribution in [0.15, 0.2) is 70.5 Å². The second kappa shape index (κ2) is 10.8. The lowest BCUT2D eigenvalue weighted by Crippen LogP contribution is -2.20. The van der Waals surface area contributed by atoms with Crippen molar-refractivity contribution in [3.63, 3.8) is 0 Å². The van der Waals surface area contributed by atoms with Gasteiger partial charge in [-0.1, -0.05) is 48.0 Å². The van der Waals surface area contributed by atoms with Crippen molar-refractivity contribution < 1.29 is 0 Å². The first kappa shape index (κ1) is 21.0. The van der Waals surface area contributed by atoms with Crippen molar-refractivity contribution in [3.8, 4) is 0 Å². The van der Waals surface area contributed by atoms with Gasteiger partial charge in [0.05, 0.1) is 17.2 Å². The van der Waals surface area contributed by atoms with E-state index in [1.54, 1.807) is 29.4 Å². The Kier molecular flexibility index (Phi) is 8.40. The Morgan fingerprint density at radius 1 is 1.33 bits per heavy atom. The molecule has 0 aliphatic rings. The number of rotatable bonds is 6. The minimum absolute atomic E-state index is 0.00484. The second-order valence-corrected chi connectivity index (χ2v) is 7.36. The molecular formula is C22H26BrN3O. The molecule has 2 heterocycles. The van der Waals surface area contributed by atoms with Crippen LogP contribution in [0.5, 0.6) is 0 Å². The lowest BCUT2D eigenvalue weighted by atomic mass is 10.0. The summed E-state index contributed by atoms with van der Waals surface area (Å²) in [4.78, 5) is 21.6. The molecule has 0 saturated heterocycles. The molecule has 2 aromatic rings. The molecule has 27 heavy (non-hydrogen) atoms. The van der Waals surface area contributed by atoms with Crippen LogP contribution in [-0.2, 0) is 13.0 Å². The van der Waals surface area contributed by atoms with E-state index in [1.165, 1.54) is 0 Å². The van der Waals surface area contributed by atoms with Gasteiger partial charge in [-0.25, -0.2) is 4.98 Å². The lowest BCUT2D eigenvalue weighted by Gasteiger charge is -2.07. The van der Waals surface area contributed by atoms with Gasteiger partial charge in [-0.15, -0.1) is 0 Å². The van der Waals surface area contributed by atoms with Crippen LogP contribution < -0.4 is 5.56 Å². The lowest BCUT2D eigenvalue weighted by molar-refractivity contribution is 0.648. The molecule has 0 fully saturated rings. The quantitative estimate of drug-likeness (QED) is 0.582. The van der Waals surface area contributed by atoms with Crippen LogP contribution in [0, 0.1) is 5.92 Å². The fourth-order valence-corrected chi connectivity index (χ4v) is 2.86. The van der Waals surface area contributed by atoms with Gasteiger partial charge < -0.3 is 0 Å². The van der Waals surface area contributed by atoms with E-state index < -0.39 is 0 Å². The van der Waals surface area contributed by atoms with Crippen molar-refractivity contribution in [1.29, 1.82) is 0 Å². The highest BCUT2D eigenvalue weighted by atomic mass is 79.9. The number of hydrogen-bond donors (Lipinski definition) is 0. The van der Waals surface area contributed by atoms with Gasteiger partial charge in [-0.3, -0.25) is 14.3 Å². The van der Waals surface area contributed by atoms with Crippen LogP contribution in [-0.4, -0.2) is 14.5 Å². The van der Waals surface area contributed by atoms with Gasteiger partial charge in [0.2, 0.25) is 0 Å². The minimum Gasteiger partial charge on any atom is -0.299 e. The maximum absolute atomic E-state index is 12.9. The zero-order valence-corrected chi connectivity index (χ0v) is 17.7. The molecule has 2 aromatic heterocycles. The van der Waals surface area contributed by atoms with Crippen LogP contribution in [0.3, 0.4) is 0 Å². The Bertz CT molecular complexity index is 946. The molecular weight excluding hydrogens is 402 g/mol. The van der Waals surface area contributed by atoms with Gasteiger partial charge in [0.25, 0.3) is 5.56 Å². The van der Waals surface area contributed by atoms with E-state index in [2.05, 4.69) is 51.9 Å². The second-order valence-electron chi connectivity index (χ2n) is 6.45. The average molecular weight is 428 g/mol. The summed E-state index contributed by atoms with van der Waals surface area (Å²) < 4.78 is 2.73. The molecule has 0 bridgehead atoms. The van der Waals surface area contributed by atoms with E-state index in [4.69, 9.17) is 0 Å². The summed E-state index contributed by atoms with van der Waals surface area (Å²) in [5.41, 5.74) is 1.71. The molecule has 0 aliphatic carbocycles. The van der Waals surface area contributed by atoms with E-state index in [1.807, 2.05) is 31.2 Å². The first-order chi connectivity index (χ1) is 13.0. The molecule has 1 atom stereocenters. The smallest absolute Gasteiger partial charge is 0.261 e. The molecule has 2 rings (SSSR count). The molecule has 4 nitrogen and oxygen atoms in total. The summed E-state index contributed by atoms with van der Waals surface area (Å²) in [5, 5.41) is 0.628. The fraction of sp³-hybridized carbons (Fsp3) is 0.318. The highest BCUT2D eigenvalue weighted by Crippen LogP contribution is 2.14. The highest BCUT2D eigenvalue weighted by Gasteiger charge is 2.04. The number of halogens is 1. The zero-order valence-electron chi connectivity index (χ0n) is 16.1. The minimum atomic E-state index is -0.00484. The maximum Gasteiger partial charge on any atom is 0.261 e. The molecule has 0 aromatic carbocycles.